The first kappa shape index (κ1) is 18.1. The van der Waals surface area contributed by atoms with Crippen molar-refractivity contribution in [3.05, 3.63) is 27.4 Å². The molecule has 1 N–H and O–H groups in total. The molecule has 0 aromatic heterocycles. The minimum atomic E-state index is -3.74. The number of hydrogen-bond donors (Lipinski definition) is 1. The van der Waals surface area contributed by atoms with Gasteiger partial charge in [0.05, 0.1) is 5.02 Å². The SMILES string of the molecule is CC1CNCCN1S(=O)(=O)c1c(Cl)cc(F)cc1Br.Cl. The van der Waals surface area contributed by atoms with E-state index in [4.69, 9.17) is 11.6 Å². The van der Waals surface area contributed by atoms with Gasteiger partial charge in [-0.2, -0.15) is 4.31 Å². The van der Waals surface area contributed by atoms with Crippen LogP contribution in [0, 0.1) is 5.82 Å². The molecule has 1 aliphatic rings. The maximum absolute atomic E-state index is 13.2. The predicted octanol–water partition coefficient (Wildman–Crippen LogP) is 2.65. The number of sulfonamides is 1. The van der Waals surface area contributed by atoms with Crippen LogP contribution in [-0.2, 0) is 10.0 Å². The highest BCUT2D eigenvalue weighted by molar-refractivity contribution is 9.10. The van der Waals surface area contributed by atoms with Gasteiger partial charge < -0.3 is 5.32 Å². The predicted molar refractivity (Wildman–Crippen MR) is 82.6 cm³/mol. The summed E-state index contributed by atoms with van der Waals surface area (Å²) in [6.07, 6.45) is 0. The molecular weight excluding hydrogens is 394 g/mol. The second-order valence-corrected chi connectivity index (χ2v) is 7.46. The largest absolute Gasteiger partial charge is 0.314 e. The minimum Gasteiger partial charge on any atom is -0.314 e. The summed E-state index contributed by atoms with van der Waals surface area (Å²) in [4.78, 5) is -0.0793. The molecule has 4 nitrogen and oxygen atoms in total. The van der Waals surface area contributed by atoms with Crippen LogP contribution in [0.2, 0.25) is 5.02 Å². The first-order chi connectivity index (χ1) is 8.84. The van der Waals surface area contributed by atoms with Crippen LogP contribution in [0.1, 0.15) is 6.92 Å². The van der Waals surface area contributed by atoms with E-state index in [1.165, 1.54) is 4.31 Å². The summed E-state index contributed by atoms with van der Waals surface area (Å²) in [6, 6.07) is 1.93. The first-order valence-corrected chi connectivity index (χ1v) is 8.32. The molecule has 0 aliphatic carbocycles. The maximum atomic E-state index is 13.2. The van der Waals surface area contributed by atoms with Crippen molar-refractivity contribution in [2.75, 3.05) is 19.6 Å². The van der Waals surface area contributed by atoms with E-state index in [-0.39, 0.29) is 32.8 Å². The Kier molecular flexibility index (Phi) is 6.25. The Labute approximate surface area is 137 Å². The summed E-state index contributed by atoms with van der Waals surface area (Å²) in [5.74, 6) is -0.579. The van der Waals surface area contributed by atoms with E-state index in [0.29, 0.717) is 19.6 Å². The third-order valence-corrected chi connectivity index (χ3v) is 6.38. The molecule has 1 heterocycles. The fourth-order valence-electron chi connectivity index (χ4n) is 2.07. The molecule has 2 rings (SSSR count). The zero-order valence-corrected chi connectivity index (χ0v) is 14.5. The zero-order chi connectivity index (χ0) is 14.2. The summed E-state index contributed by atoms with van der Waals surface area (Å²) in [7, 11) is -3.74. The number of halogens is 4. The molecule has 0 radical (unpaired) electrons. The lowest BCUT2D eigenvalue weighted by molar-refractivity contribution is 0.283. The normalized spacial score (nSPS) is 20.5. The van der Waals surface area contributed by atoms with Gasteiger partial charge in [-0.15, -0.1) is 12.4 Å². The maximum Gasteiger partial charge on any atom is 0.246 e. The highest BCUT2D eigenvalue weighted by Crippen LogP contribution is 2.33. The summed E-state index contributed by atoms with van der Waals surface area (Å²) in [5, 5.41) is 3.00. The third kappa shape index (κ3) is 3.45. The van der Waals surface area contributed by atoms with Crippen molar-refractivity contribution in [3.63, 3.8) is 0 Å². The second kappa shape index (κ2) is 6.89. The highest BCUT2D eigenvalue weighted by Gasteiger charge is 2.34. The molecule has 1 fully saturated rings. The molecule has 0 amide bonds. The van der Waals surface area contributed by atoms with Crippen LogP contribution in [-0.4, -0.2) is 38.4 Å². The lowest BCUT2D eigenvalue weighted by atomic mass is 10.3. The molecular formula is C11H14BrCl2FN2O2S. The van der Waals surface area contributed by atoms with Gasteiger partial charge in [0.2, 0.25) is 10.0 Å². The van der Waals surface area contributed by atoms with E-state index in [1.54, 1.807) is 0 Å². The Bertz CT molecular complexity index is 577. The average molecular weight is 408 g/mol. The highest BCUT2D eigenvalue weighted by atomic mass is 79.9. The fraction of sp³-hybridized carbons (Fsp3) is 0.455. The zero-order valence-electron chi connectivity index (χ0n) is 10.6. The van der Waals surface area contributed by atoms with Crippen LogP contribution in [0.25, 0.3) is 0 Å². The van der Waals surface area contributed by atoms with Gasteiger partial charge in [0, 0.05) is 30.1 Å². The Hall–Kier alpha value is 0.0800. The van der Waals surface area contributed by atoms with Gasteiger partial charge in [-0.05, 0) is 35.0 Å². The molecule has 9 heteroatoms. The van der Waals surface area contributed by atoms with E-state index in [9.17, 15) is 12.8 Å². The average Bonchev–Trinajstić information content (AvgIpc) is 2.27. The molecule has 20 heavy (non-hydrogen) atoms. The van der Waals surface area contributed by atoms with Gasteiger partial charge in [-0.3, -0.25) is 0 Å². The molecule has 0 spiro atoms. The van der Waals surface area contributed by atoms with Crippen LogP contribution in [0.4, 0.5) is 4.39 Å². The van der Waals surface area contributed by atoms with Crippen molar-refractivity contribution in [2.24, 2.45) is 0 Å². The summed E-state index contributed by atoms with van der Waals surface area (Å²) in [5.41, 5.74) is 0. The van der Waals surface area contributed by atoms with Gasteiger partial charge in [0.15, 0.2) is 0 Å². The Morgan fingerprint density at radius 3 is 2.70 bits per heavy atom. The van der Waals surface area contributed by atoms with Crippen molar-refractivity contribution in [3.8, 4) is 0 Å². The second-order valence-electron chi connectivity index (χ2n) is 4.37. The van der Waals surface area contributed by atoms with E-state index in [1.807, 2.05) is 6.92 Å². The molecule has 0 saturated carbocycles. The lowest BCUT2D eigenvalue weighted by Crippen LogP contribution is -2.52. The van der Waals surface area contributed by atoms with Crippen LogP contribution < -0.4 is 5.32 Å². The van der Waals surface area contributed by atoms with Crippen LogP contribution >= 0.6 is 39.9 Å². The molecule has 0 bridgehead atoms. The van der Waals surface area contributed by atoms with E-state index in [2.05, 4.69) is 21.2 Å². The topological polar surface area (TPSA) is 49.4 Å². The number of hydrogen-bond acceptors (Lipinski definition) is 3. The number of nitrogens with one attached hydrogen (secondary N) is 1. The molecule has 114 valence electrons. The Morgan fingerprint density at radius 1 is 1.50 bits per heavy atom. The third-order valence-electron chi connectivity index (χ3n) is 2.97. The smallest absolute Gasteiger partial charge is 0.246 e. The number of benzene rings is 1. The Balaban J connectivity index is 0.00000200. The number of piperazine rings is 1. The van der Waals surface area contributed by atoms with Crippen molar-refractivity contribution in [2.45, 2.75) is 17.9 Å². The van der Waals surface area contributed by atoms with Crippen molar-refractivity contribution in [1.29, 1.82) is 0 Å². The molecule has 1 atom stereocenters. The first-order valence-electron chi connectivity index (χ1n) is 5.71. The Morgan fingerprint density at radius 2 is 2.15 bits per heavy atom. The van der Waals surface area contributed by atoms with Crippen LogP contribution in [0.3, 0.4) is 0 Å². The summed E-state index contributed by atoms with van der Waals surface area (Å²) < 4.78 is 39.9. The standard InChI is InChI=1S/C11H13BrClFN2O2S.ClH/c1-7-6-15-2-3-16(7)19(17,18)11-9(12)4-8(14)5-10(11)13;/h4-5,7,15H,2-3,6H2,1H3;1H. The quantitative estimate of drug-likeness (QED) is 0.819. The van der Waals surface area contributed by atoms with Gasteiger partial charge in [0.25, 0.3) is 0 Å². The summed E-state index contributed by atoms with van der Waals surface area (Å²) >= 11 is 8.97. The van der Waals surface area contributed by atoms with Gasteiger partial charge in [-0.25, -0.2) is 12.8 Å². The van der Waals surface area contributed by atoms with Crippen LogP contribution in [0.15, 0.2) is 21.5 Å². The lowest BCUT2D eigenvalue weighted by Gasteiger charge is -2.33. The van der Waals surface area contributed by atoms with E-state index in [0.717, 1.165) is 12.1 Å². The fourth-order valence-corrected chi connectivity index (χ4v) is 5.46. The summed E-state index contributed by atoms with van der Waals surface area (Å²) in [6.45, 7) is 3.34. The molecule has 1 aliphatic heterocycles. The van der Waals surface area contributed by atoms with Crippen molar-refractivity contribution >= 4 is 50.0 Å². The molecule has 1 aromatic rings. The van der Waals surface area contributed by atoms with E-state index < -0.39 is 15.8 Å². The minimum absolute atomic E-state index is 0. The van der Waals surface area contributed by atoms with Crippen molar-refractivity contribution < 1.29 is 12.8 Å². The molecule has 1 unspecified atom stereocenters. The molecule has 1 saturated heterocycles. The van der Waals surface area contributed by atoms with Gasteiger partial charge in [-0.1, -0.05) is 11.6 Å². The van der Waals surface area contributed by atoms with Gasteiger partial charge >= 0.3 is 0 Å². The van der Waals surface area contributed by atoms with Gasteiger partial charge in [0.1, 0.15) is 10.7 Å². The van der Waals surface area contributed by atoms with E-state index >= 15 is 0 Å². The number of nitrogens with zero attached hydrogens (tertiary/aromatic N) is 1. The van der Waals surface area contributed by atoms with Crippen molar-refractivity contribution in [1.82, 2.24) is 9.62 Å². The van der Waals surface area contributed by atoms with Crippen LogP contribution in [0.5, 0.6) is 0 Å². The molecule has 1 aromatic carbocycles. The number of rotatable bonds is 2. The monoisotopic (exact) mass is 406 g/mol.